The fraction of sp³-hybridized carbons (Fsp3) is 0.529. The van der Waals surface area contributed by atoms with Crippen LogP contribution < -0.4 is 10.6 Å². The first-order valence-corrected chi connectivity index (χ1v) is 10.2. The number of thiophene rings is 1. The van der Waals surface area contributed by atoms with E-state index in [-0.39, 0.29) is 11.7 Å². The van der Waals surface area contributed by atoms with Crippen LogP contribution in [0.4, 0.5) is 4.79 Å². The molecule has 0 fully saturated rings. The van der Waals surface area contributed by atoms with E-state index in [1.807, 2.05) is 27.7 Å². The molecule has 0 unspecified atom stereocenters. The van der Waals surface area contributed by atoms with Gasteiger partial charge in [-0.3, -0.25) is 10.1 Å². The Balaban J connectivity index is 1.87. The molecule has 2 aromatic heterocycles. The molecule has 0 aliphatic rings. The van der Waals surface area contributed by atoms with E-state index < -0.39 is 6.03 Å². The highest BCUT2D eigenvalue weighted by Gasteiger charge is 2.15. The lowest BCUT2D eigenvalue weighted by atomic mass is 10.2. The lowest BCUT2D eigenvalue weighted by Gasteiger charge is -2.07. The van der Waals surface area contributed by atoms with Crippen molar-refractivity contribution >= 4 is 45.3 Å². The van der Waals surface area contributed by atoms with E-state index >= 15 is 0 Å². The number of fused-ring (bicyclic) bond motifs is 1. The Bertz CT molecular complexity index is 792. The maximum Gasteiger partial charge on any atom is 0.321 e. The molecule has 7 nitrogen and oxygen atoms in total. The standard InChI is InChI=1S/C17H24N4O3S2/c1-5-24-8-6-7-18-17(23)21-13(22)9-25-15-14-10(2)11(3)26-16(14)20-12(4)19-15/h5-9H2,1-4H3,(H2,18,21,22,23). The van der Waals surface area contributed by atoms with E-state index in [1.165, 1.54) is 16.6 Å². The summed E-state index contributed by atoms with van der Waals surface area (Å²) in [6, 6.07) is -0.487. The van der Waals surface area contributed by atoms with Gasteiger partial charge in [-0.05, 0) is 39.7 Å². The second-order valence-electron chi connectivity index (χ2n) is 5.68. The molecule has 0 saturated heterocycles. The summed E-state index contributed by atoms with van der Waals surface area (Å²) in [7, 11) is 0. The Hall–Kier alpha value is -1.71. The minimum absolute atomic E-state index is 0.117. The molecule has 2 aromatic rings. The quantitative estimate of drug-likeness (QED) is 0.405. The molecule has 2 heterocycles. The van der Waals surface area contributed by atoms with Crippen molar-refractivity contribution in [1.29, 1.82) is 0 Å². The summed E-state index contributed by atoms with van der Waals surface area (Å²) in [5, 5.41) is 6.75. The highest BCUT2D eigenvalue weighted by Crippen LogP contribution is 2.34. The molecule has 0 bridgehead atoms. The van der Waals surface area contributed by atoms with E-state index in [2.05, 4.69) is 20.6 Å². The molecule has 0 aromatic carbocycles. The zero-order valence-corrected chi connectivity index (χ0v) is 17.1. The summed E-state index contributed by atoms with van der Waals surface area (Å²) >= 11 is 2.95. The van der Waals surface area contributed by atoms with E-state index in [0.29, 0.717) is 32.0 Å². The molecule has 0 aliphatic heterocycles. The normalized spacial score (nSPS) is 10.9. The highest BCUT2D eigenvalue weighted by molar-refractivity contribution is 8.00. The molecule has 9 heteroatoms. The molecular weight excluding hydrogens is 372 g/mol. The second kappa shape index (κ2) is 9.84. The van der Waals surface area contributed by atoms with Crippen LogP contribution in [0.3, 0.4) is 0 Å². The molecule has 0 aliphatic carbocycles. The Morgan fingerprint density at radius 3 is 2.73 bits per heavy atom. The average Bonchev–Trinajstić information content (AvgIpc) is 2.86. The summed E-state index contributed by atoms with van der Waals surface area (Å²) in [6.45, 7) is 9.54. The number of urea groups is 1. The first kappa shape index (κ1) is 20.6. The van der Waals surface area contributed by atoms with Crippen molar-refractivity contribution in [2.45, 2.75) is 39.1 Å². The number of aromatic nitrogens is 2. The fourth-order valence-electron chi connectivity index (χ4n) is 2.28. The van der Waals surface area contributed by atoms with Crippen molar-refractivity contribution < 1.29 is 14.3 Å². The van der Waals surface area contributed by atoms with Crippen molar-refractivity contribution in [2.75, 3.05) is 25.5 Å². The molecular formula is C17H24N4O3S2. The smallest absolute Gasteiger partial charge is 0.321 e. The van der Waals surface area contributed by atoms with Gasteiger partial charge in [0.25, 0.3) is 0 Å². The van der Waals surface area contributed by atoms with Gasteiger partial charge in [0.15, 0.2) is 0 Å². The number of amides is 3. The van der Waals surface area contributed by atoms with Crippen molar-refractivity contribution in [1.82, 2.24) is 20.6 Å². The Kier molecular flexibility index (Phi) is 7.80. The van der Waals surface area contributed by atoms with E-state index in [1.54, 1.807) is 11.3 Å². The first-order valence-electron chi connectivity index (χ1n) is 8.45. The van der Waals surface area contributed by atoms with Gasteiger partial charge in [-0.25, -0.2) is 14.8 Å². The SMILES string of the molecule is CCOCCCNC(=O)NC(=O)CSc1nc(C)nc2sc(C)c(C)c12. The zero-order chi connectivity index (χ0) is 19.1. The molecule has 142 valence electrons. The number of nitrogens with zero attached hydrogens (tertiary/aromatic N) is 2. The Morgan fingerprint density at radius 2 is 2.00 bits per heavy atom. The molecule has 0 saturated carbocycles. The van der Waals surface area contributed by atoms with E-state index in [0.717, 1.165) is 20.8 Å². The molecule has 3 amide bonds. The van der Waals surface area contributed by atoms with E-state index in [4.69, 9.17) is 4.74 Å². The van der Waals surface area contributed by atoms with Crippen molar-refractivity contribution in [3.8, 4) is 0 Å². The number of nitrogens with one attached hydrogen (secondary N) is 2. The number of thioether (sulfide) groups is 1. The van der Waals surface area contributed by atoms with Gasteiger partial charge in [0.2, 0.25) is 5.91 Å². The van der Waals surface area contributed by atoms with Gasteiger partial charge in [0.05, 0.1) is 5.75 Å². The number of rotatable bonds is 8. The average molecular weight is 397 g/mol. The third-order valence-corrected chi connectivity index (χ3v) is 5.73. The van der Waals surface area contributed by atoms with Crippen molar-refractivity contribution in [3.63, 3.8) is 0 Å². The number of hydrogen-bond acceptors (Lipinski definition) is 7. The minimum Gasteiger partial charge on any atom is -0.382 e. The third kappa shape index (κ3) is 5.65. The second-order valence-corrected chi connectivity index (χ2v) is 7.85. The van der Waals surface area contributed by atoms with Crippen molar-refractivity contribution in [3.05, 3.63) is 16.3 Å². The maximum atomic E-state index is 12.0. The molecule has 0 radical (unpaired) electrons. The van der Waals surface area contributed by atoms with Gasteiger partial charge in [0.1, 0.15) is 15.7 Å². The predicted molar refractivity (Wildman–Crippen MR) is 105 cm³/mol. The van der Waals surface area contributed by atoms with Crippen LogP contribution in [0.5, 0.6) is 0 Å². The van der Waals surface area contributed by atoms with Crippen LogP contribution in [0.1, 0.15) is 29.6 Å². The van der Waals surface area contributed by atoms with Gasteiger partial charge in [-0.2, -0.15) is 0 Å². The highest BCUT2D eigenvalue weighted by atomic mass is 32.2. The topological polar surface area (TPSA) is 93.2 Å². The van der Waals surface area contributed by atoms with Crippen LogP contribution in [-0.4, -0.2) is 47.4 Å². The monoisotopic (exact) mass is 396 g/mol. The number of hydrogen-bond donors (Lipinski definition) is 2. The minimum atomic E-state index is -0.487. The largest absolute Gasteiger partial charge is 0.382 e. The predicted octanol–water partition coefficient (Wildman–Crippen LogP) is 2.96. The zero-order valence-electron chi connectivity index (χ0n) is 15.5. The van der Waals surface area contributed by atoms with Crippen LogP contribution in [0.25, 0.3) is 10.2 Å². The van der Waals surface area contributed by atoms with Crippen LogP contribution in [-0.2, 0) is 9.53 Å². The number of aryl methyl sites for hydroxylation is 3. The summed E-state index contributed by atoms with van der Waals surface area (Å²) in [5.41, 5.74) is 1.14. The van der Waals surface area contributed by atoms with E-state index in [9.17, 15) is 9.59 Å². The van der Waals surface area contributed by atoms with Crippen LogP contribution in [0, 0.1) is 20.8 Å². The molecule has 0 spiro atoms. The lowest BCUT2D eigenvalue weighted by Crippen LogP contribution is -2.40. The Labute approximate surface area is 161 Å². The molecule has 26 heavy (non-hydrogen) atoms. The lowest BCUT2D eigenvalue weighted by molar-refractivity contribution is -0.117. The van der Waals surface area contributed by atoms with Gasteiger partial charge in [0, 0.05) is 30.0 Å². The van der Waals surface area contributed by atoms with Crippen LogP contribution in [0.15, 0.2) is 5.03 Å². The van der Waals surface area contributed by atoms with Gasteiger partial charge in [-0.1, -0.05) is 11.8 Å². The first-order chi connectivity index (χ1) is 12.4. The summed E-state index contributed by atoms with van der Waals surface area (Å²) < 4.78 is 5.19. The number of carbonyl (C=O) groups excluding carboxylic acids is 2. The van der Waals surface area contributed by atoms with Crippen LogP contribution >= 0.6 is 23.1 Å². The molecule has 0 atom stereocenters. The molecule has 2 rings (SSSR count). The third-order valence-electron chi connectivity index (χ3n) is 3.66. The van der Waals surface area contributed by atoms with Gasteiger partial charge in [-0.15, -0.1) is 11.3 Å². The number of carbonyl (C=O) groups is 2. The Morgan fingerprint density at radius 1 is 1.23 bits per heavy atom. The number of imide groups is 1. The molecule has 2 N–H and O–H groups in total. The maximum absolute atomic E-state index is 12.0. The summed E-state index contributed by atoms with van der Waals surface area (Å²) in [5.74, 6) is 0.437. The fourth-order valence-corrected chi connectivity index (χ4v) is 4.35. The van der Waals surface area contributed by atoms with Gasteiger partial charge < -0.3 is 10.1 Å². The van der Waals surface area contributed by atoms with Crippen LogP contribution in [0.2, 0.25) is 0 Å². The summed E-state index contributed by atoms with van der Waals surface area (Å²) in [6.07, 6.45) is 0.708. The van der Waals surface area contributed by atoms with Crippen molar-refractivity contribution in [2.24, 2.45) is 0 Å². The summed E-state index contributed by atoms with van der Waals surface area (Å²) in [4.78, 5) is 34.8. The number of ether oxygens (including phenoxy) is 1. The van der Waals surface area contributed by atoms with Gasteiger partial charge >= 0.3 is 6.03 Å².